The molecule has 1 aromatic heterocycles. The predicted molar refractivity (Wildman–Crippen MR) is 112 cm³/mol. The van der Waals surface area contributed by atoms with Gasteiger partial charge in [-0.25, -0.2) is 0 Å². The Labute approximate surface area is 152 Å². The number of para-hydroxylation sites is 1. The quantitative estimate of drug-likeness (QED) is 0.432. The van der Waals surface area contributed by atoms with Gasteiger partial charge in [-0.15, -0.1) is 0 Å². The van der Waals surface area contributed by atoms with Gasteiger partial charge in [-0.3, -0.25) is 0 Å². The molecule has 0 fully saturated rings. The molecule has 5 rings (SSSR count). The molecule has 2 heteroatoms. The molecule has 126 valence electrons. The van der Waals surface area contributed by atoms with Crippen molar-refractivity contribution in [2.45, 2.75) is 12.8 Å². The molecule has 1 heterocycles. The molecule has 0 saturated carbocycles. The van der Waals surface area contributed by atoms with E-state index in [0.29, 0.717) is 0 Å². The number of hydrogen-bond acceptors (Lipinski definition) is 1. The molecule has 0 bridgehead atoms. The average Bonchev–Trinajstić information content (AvgIpc) is 3.03. The van der Waals surface area contributed by atoms with Gasteiger partial charge >= 0.3 is 0 Å². The van der Waals surface area contributed by atoms with E-state index in [0.717, 1.165) is 18.5 Å². The Bertz CT molecular complexity index is 1170. The van der Waals surface area contributed by atoms with Crippen LogP contribution >= 0.6 is 0 Å². The molecule has 2 nitrogen and oxygen atoms in total. The van der Waals surface area contributed by atoms with E-state index < -0.39 is 0 Å². The highest BCUT2D eigenvalue weighted by Crippen LogP contribution is 2.36. The van der Waals surface area contributed by atoms with E-state index in [1.807, 2.05) is 12.1 Å². The van der Waals surface area contributed by atoms with Crippen LogP contribution in [-0.4, -0.2) is 4.57 Å². The zero-order chi connectivity index (χ0) is 17.5. The van der Waals surface area contributed by atoms with Crippen molar-refractivity contribution in [1.82, 2.24) is 4.57 Å². The van der Waals surface area contributed by atoms with Gasteiger partial charge in [-0.2, -0.15) is 0 Å². The van der Waals surface area contributed by atoms with Gasteiger partial charge in [-0.1, -0.05) is 48.6 Å². The second kappa shape index (κ2) is 5.92. The van der Waals surface area contributed by atoms with E-state index in [1.54, 1.807) is 0 Å². The molecular formula is C24H20N2. The van der Waals surface area contributed by atoms with Crippen LogP contribution in [0.3, 0.4) is 0 Å². The van der Waals surface area contributed by atoms with Crippen molar-refractivity contribution in [2.75, 3.05) is 5.73 Å². The number of allylic oxidation sites excluding steroid dienone is 4. The molecule has 4 aromatic rings. The standard InChI is InChI=1S/C24H20N2/c25-19-13-10-17(11-14-19)18-12-15-24-22(16-18)21-8-4-5-9-23(21)26(24)20-6-2-1-3-7-20/h1-2,4-6,8-16H,3,7,25H2. The van der Waals surface area contributed by atoms with Crippen LogP contribution in [0.2, 0.25) is 0 Å². The lowest BCUT2D eigenvalue weighted by atomic mass is 10.0. The van der Waals surface area contributed by atoms with Gasteiger partial charge in [0.15, 0.2) is 0 Å². The number of hydrogen-bond donors (Lipinski definition) is 1. The largest absolute Gasteiger partial charge is 0.399 e. The molecule has 26 heavy (non-hydrogen) atoms. The summed E-state index contributed by atoms with van der Waals surface area (Å²) >= 11 is 0. The van der Waals surface area contributed by atoms with Gasteiger partial charge in [0.05, 0.1) is 11.0 Å². The van der Waals surface area contributed by atoms with E-state index >= 15 is 0 Å². The van der Waals surface area contributed by atoms with Crippen LogP contribution in [0.25, 0.3) is 38.6 Å². The Kier molecular flexibility index (Phi) is 3.42. The topological polar surface area (TPSA) is 30.9 Å². The molecular weight excluding hydrogens is 316 g/mol. The summed E-state index contributed by atoms with van der Waals surface area (Å²) in [6.45, 7) is 0. The van der Waals surface area contributed by atoms with Crippen LogP contribution < -0.4 is 5.73 Å². The van der Waals surface area contributed by atoms with Crippen molar-refractivity contribution in [3.8, 4) is 11.1 Å². The smallest absolute Gasteiger partial charge is 0.0538 e. The Balaban J connectivity index is 1.79. The maximum atomic E-state index is 5.84. The van der Waals surface area contributed by atoms with Gasteiger partial charge in [-0.05, 0) is 60.4 Å². The molecule has 0 spiro atoms. The van der Waals surface area contributed by atoms with Crippen molar-refractivity contribution in [3.05, 3.63) is 85.0 Å². The Hall–Kier alpha value is -3.26. The molecule has 0 atom stereocenters. The SMILES string of the molecule is Nc1ccc(-c2ccc3c(c2)c2ccccc2n3C2=CC=CCC2)cc1. The zero-order valence-corrected chi connectivity index (χ0v) is 14.5. The zero-order valence-electron chi connectivity index (χ0n) is 14.5. The van der Waals surface area contributed by atoms with Gasteiger partial charge in [0.2, 0.25) is 0 Å². The highest BCUT2D eigenvalue weighted by Gasteiger charge is 2.14. The summed E-state index contributed by atoms with van der Waals surface area (Å²) < 4.78 is 2.42. The molecule has 3 aromatic carbocycles. The lowest BCUT2D eigenvalue weighted by Gasteiger charge is -2.14. The van der Waals surface area contributed by atoms with Gasteiger partial charge in [0.25, 0.3) is 0 Å². The van der Waals surface area contributed by atoms with E-state index in [9.17, 15) is 0 Å². The van der Waals surface area contributed by atoms with Crippen LogP contribution in [0.4, 0.5) is 5.69 Å². The third-order valence-corrected chi connectivity index (χ3v) is 5.20. The second-order valence-electron chi connectivity index (χ2n) is 6.83. The summed E-state index contributed by atoms with van der Waals surface area (Å²) in [5, 5.41) is 2.60. The molecule has 0 radical (unpaired) electrons. The predicted octanol–water partition coefficient (Wildman–Crippen LogP) is 6.23. The number of aromatic nitrogens is 1. The minimum Gasteiger partial charge on any atom is -0.399 e. The number of nitrogens with two attached hydrogens (primary N) is 1. The first-order valence-electron chi connectivity index (χ1n) is 9.06. The van der Waals surface area contributed by atoms with Gasteiger partial charge in [0, 0.05) is 22.2 Å². The highest BCUT2D eigenvalue weighted by molar-refractivity contribution is 6.11. The Morgan fingerprint density at radius 3 is 2.35 bits per heavy atom. The van der Waals surface area contributed by atoms with Crippen LogP contribution in [0.1, 0.15) is 12.8 Å². The molecule has 1 aliphatic carbocycles. The molecule has 0 aliphatic heterocycles. The van der Waals surface area contributed by atoms with Crippen molar-refractivity contribution >= 4 is 33.2 Å². The summed E-state index contributed by atoms with van der Waals surface area (Å²) in [5.41, 5.74) is 13.0. The molecule has 0 amide bonds. The third-order valence-electron chi connectivity index (χ3n) is 5.20. The summed E-state index contributed by atoms with van der Waals surface area (Å²) in [5.74, 6) is 0. The number of anilines is 1. The fraction of sp³-hybridized carbons (Fsp3) is 0.0833. The fourth-order valence-corrected chi connectivity index (χ4v) is 3.91. The number of rotatable bonds is 2. The van der Waals surface area contributed by atoms with Crippen LogP contribution in [0.15, 0.2) is 85.0 Å². The fourth-order valence-electron chi connectivity index (χ4n) is 3.91. The highest BCUT2D eigenvalue weighted by atomic mass is 15.0. The Morgan fingerprint density at radius 1 is 0.769 bits per heavy atom. The lowest BCUT2D eigenvalue weighted by Crippen LogP contribution is -1.98. The van der Waals surface area contributed by atoms with E-state index in [2.05, 4.69) is 77.4 Å². The molecule has 2 N–H and O–H groups in total. The number of fused-ring (bicyclic) bond motifs is 3. The minimum atomic E-state index is 0.795. The first-order chi connectivity index (χ1) is 12.8. The lowest BCUT2D eigenvalue weighted by molar-refractivity contribution is 0.979. The summed E-state index contributed by atoms with van der Waals surface area (Å²) in [7, 11) is 0. The van der Waals surface area contributed by atoms with E-state index in [4.69, 9.17) is 5.73 Å². The van der Waals surface area contributed by atoms with Crippen molar-refractivity contribution < 1.29 is 0 Å². The first kappa shape index (κ1) is 15.0. The Morgan fingerprint density at radius 2 is 1.54 bits per heavy atom. The van der Waals surface area contributed by atoms with Crippen LogP contribution in [-0.2, 0) is 0 Å². The van der Waals surface area contributed by atoms with Gasteiger partial charge < -0.3 is 10.3 Å². The third kappa shape index (κ3) is 2.34. The van der Waals surface area contributed by atoms with Crippen molar-refractivity contribution in [1.29, 1.82) is 0 Å². The summed E-state index contributed by atoms with van der Waals surface area (Å²) in [6, 6.07) is 23.5. The molecule has 0 unspecified atom stereocenters. The maximum Gasteiger partial charge on any atom is 0.0538 e. The van der Waals surface area contributed by atoms with Crippen LogP contribution in [0.5, 0.6) is 0 Å². The molecule has 0 saturated heterocycles. The monoisotopic (exact) mass is 336 g/mol. The first-order valence-corrected chi connectivity index (χ1v) is 9.06. The minimum absolute atomic E-state index is 0.795. The van der Waals surface area contributed by atoms with Crippen LogP contribution in [0, 0.1) is 0 Å². The summed E-state index contributed by atoms with van der Waals surface area (Å²) in [6.07, 6.45) is 8.81. The van der Waals surface area contributed by atoms with Crippen molar-refractivity contribution in [3.63, 3.8) is 0 Å². The average molecular weight is 336 g/mol. The second-order valence-corrected chi connectivity index (χ2v) is 6.83. The number of nitrogens with zero attached hydrogens (tertiary/aromatic N) is 1. The summed E-state index contributed by atoms with van der Waals surface area (Å²) in [4.78, 5) is 0. The van der Waals surface area contributed by atoms with E-state index in [1.165, 1.54) is 38.6 Å². The number of nitrogen functional groups attached to an aromatic ring is 1. The normalized spacial score (nSPS) is 14.1. The van der Waals surface area contributed by atoms with Gasteiger partial charge in [0.1, 0.15) is 0 Å². The van der Waals surface area contributed by atoms with Crippen molar-refractivity contribution in [2.24, 2.45) is 0 Å². The van der Waals surface area contributed by atoms with E-state index in [-0.39, 0.29) is 0 Å². The maximum absolute atomic E-state index is 5.84. The number of benzene rings is 3. The molecule has 1 aliphatic rings.